The number of nitrogens with one attached hydrogen (secondary N) is 1. The fourth-order valence-corrected chi connectivity index (χ4v) is 1.89. The zero-order chi connectivity index (χ0) is 16.8. The van der Waals surface area contributed by atoms with Crippen molar-refractivity contribution < 1.29 is 14.7 Å². The molecule has 2 aromatic carbocycles. The number of carbonyl (C=O) groups is 2. The number of carbonyl (C=O) groups excluding carboxylic acids is 2. The van der Waals surface area contributed by atoms with Crippen LogP contribution in [0.4, 0.5) is 5.69 Å². The standard InChI is InChI=1S/C17H11ClN2O3/c18-14-5-7-15(8-6-14)20-16(21)13(10-19)9-11-1-3-12(4-2-11)17(22)23/h1-9H,(H,20,21)(H,22,23)/p-1/b13-9+. The van der Waals surface area contributed by atoms with Crippen LogP contribution in [0.25, 0.3) is 6.08 Å². The van der Waals surface area contributed by atoms with Gasteiger partial charge in [-0.3, -0.25) is 4.79 Å². The number of nitrogens with zero attached hydrogens (tertiary/aromatic N) is 1. The fourth-order valence-electron chi connectivity index (χ4n) is 1.76. The third-order valence-electron chi connectivity index (χ3n) is 2.92. The topological polar surface area (TPSA) is 93.0 Å². The van der Waals surface area contributed by atoms with Gasteiger partial charge in [-0.2, -0.15) is 5.26 Å². The third kappa shape index (κ3) is 4.43. The van der Waals surface area contributed by atoms with E-state index in [0.29, 0.717) is 16.3 Å². The van der Waals surface area contributed by atoms with Gasteiger partial charge in [-0.05, 0) is 41.5 Å². The summed E-state index contributed by atoms with van der Waals surface area (Å²) in [5.41, 5.74) is 0.943. The van der Waals surface area contributed by atoms with Crippen molar-refractivity contribution in [2.75, 3.05) is 5.32 Å². The largest absolute Gasteiger partial charge is 0.545 e. The third-order valence-corrected chi connectivity index (χ3v) is 3.18. The highest BCUT2D eigenvalue weighted by Gasteiger charge is 2.09. The van der Waals surface area contributed by atoms with Crippen LogP contribution in [0, 0.1) is 11.3 Å². The van der Waals surface area contributed by atoms with Crippen molar-refractivity contribution in [3.8, 4) is 6.07 Å². The van der Waals surface area contributed by atoms with Crippen LogP contribution in [-0.4, -0.2) is 11.9 Å². The van der Waals surface area contributed by atoms with Gasteiger partial charge in [0, 0.05) is 10.7 Å². The summed E-state index contributed by atoms with van der Waals surface area (Å²) >= 11 is 5.76. The number of rotatable bonds is 4. The van der Waals surface area contributed by atoms with Gasteiger partial charge in [0.25, 0.3) is 5.91 Å². The summed E-state index contributed by atoms with van der Waals surface area (Å²) < 4.78 is 0. The van der Waals surface area contributed by atoms with Crippen molar-refractivity contribution in [3.05, 3.63) is 70.3 Å². The van der Waals surface area contributed by atoms with Crippen LogP contribution in [0.1, 0.15) is 15.9 Å². The molecule has 2 rings (SSSR count). The monoisotopic (exact) mass is 325 g/mol. The second-order valence-electron chi connectivity index (χ2n) is 4.54. The van der Waals surface area contributed by atoms with Crippen molar-refractivity contribution in [3.63, 3.8) is 0 Å². The lowest BCUT2D eigenvalue weighted by molar-refractivity contribution is -0.255. The van der Waals surface area contributed by atoms with Crippen molar-refractivity contribution in [2.24, 2.45) is 0 Å². The molecule has 0 radical (unpaired) electrons. The maximum atomic E-state index is 12.1. The Bertz CT molecular complexity index is 803. The van der Waals surface area contributed by atoms with Gasteiger partial charge in [0.15, 0.2) is 0 Å². The van der Waals surface area contributed by atoms with E-state index in [-0.39, 0.29) is 11.1 Å². The van der Waals surface area contributed by atoms with E-state index in [2.05, 4.69) is 5.32 Å². The number of amides is 1. The van der Waals surface area contributed by atoms with Crippen molar-refractivity contribution in [1.29, 1.82) is 5.26 Å². The van der Waals surface area contributed by atoms with Crippen molar-refractivity contribution in [2.45, 2.75) is 0 Å². The van der Waals surface area contributed by atoms with E-state index in [0.717, 1.165) is 0 Å². The zero-order valence-electron chi connectivity index (χ0n) is 11.7. The quantitative estimate of drug-likeness (QED) is 0.689. The number of hydrogen-bond acceptors (Lipinski definition) is 4. The van der Waals surface area contributed by atoms with Crippen LogP contribution in [0.15, 0.2) is 54.1 Å². The van der Waals surface area contributed by atoms with Crippen LogP contribution in [-0.2, 0) is 4.79 Å². The van der Waals surface area contributed by atoms with Gasteiger partial charge < -0.3 is 15.2 Å². The van der Waals surface area contributed by atoms with E-state index in [1.165, 1.54) is 30.3 Å². The Morgan fingerprint density at radius 3 is 2.22 bits per heavy atom. The normalized spacial score (nSPS) is 10.7. The van der Waals surface area contributed by atoms with E-state index >= 15 is 0 Å². The summed E-state index contributed by atoms with van der Waals surface area (Å²) in [4.78, 5) is 22.7. The number of carboxylic acid groups (broad SMARTS) is 1. The molecule has 0 aliphatic rings. The molecule has 114 valence electrons. The van der Waals surface area contributed by atoms with Gasteiger partial charge in [-0.25, -0.2) is 0 Å². The molecule has 0 heterocycles. The van der Waals surface area contributed by atoms with Crippen LogP contribution in [0.2, 0.25) is 5.02 Å². The average molecular weight is 326 g/mol. The lowest BCUT2D eigenvalue weighted by Crippen LogP contribution is -2.21. The number of aromatic carboxylic acids is 1. The molecule has 6 heteroatoms. The zero-order valence-corrected chi connectivity index (χ0v) is 12.5. The molecule has 0 atom stereocenters. The summed E-state index contributed by atoms with van der Waals surface area (Å²) in [5.74, 6) is -1.86. The molecule has 0 aliphatic carbocycles. The SMILES string of the molecule is N#C/C(=C\c1ccc(C(=O)[O-])cc1)C(=O)Nc1ccc(Cl)cc1. The highest BCUT2D eigenvalue weighted by molar-refractivity contribution is 6.30. The second-order valence-corrected chi connectivity index (χ2v) is 4.98. The van der Waals surface area contributed by atoms with Gasteiger partial charge in [0.05, 0.1) is 5.97 Å². The first-order valence-corrected chi connectivity index (χ1v) is 6.87. The molecule has 0 unspecified atom stereocenters. The Hall–Kier alpha value is -3.10. The van der Waals surface area contributed by atoms with Gasteiger partial charge in [0.1, 0.15) is 11.6 Å². The summed E-state index contributed by atoms with van der Waals surface area (Å²) in [6, 6.07) is 13.9. The van der Waals surface area contributed by atoms with Crippen molar-refractivity contribution in [1.82, 2.24) is 0 Å². The second kappa shape index (κ2) is 7.25. The smallest absolute Gasteiger partial charge is 0.266 e. The first-order chi connectivity index (χ1) is 11.0. The molecule has 0 bridgehead atoms. The van der Waals surface area contributed by atoms with Gasteiger partial charge in [-0.1, -0.05) is 35.9 Å². The predicted molar refractivity (Wildman–Crippen MR) is 84.4 cm³/mol. The first-order valence-electron chi connectivity index (χ1n) is 6.50. The molecule has 0 fully saturated rings. The molecular formula is C17H10ClN2O3-. The van der Waals surface area contributed by atoms with Crippen LogP contribution in [0.3, 0.4) is 0 Å². The van der Waals surface area contributed by atoms with Crippen LogP contribution in [0.5, 0.6) is 0 Å². The molecule has 0 saturated carbocycles. The summed E-state index contributed by atoms with van der Waals surface area (Å²) in [6.07, 6.45) is 1.37. The molecule has 0 aromatic heterocycles. The summed E-state index contributed by atoms with van der Waals surface area (Å²) in [6.45, 7) is 0. The Morgan fingerprint density at radius 1 is 1.09 bits per heavy atom. The highest BCUT2D eigenvalue weighted by atomic mass is 35.5. The van der Waals surface area contributed by atoms with E-state index in [1.54, 1.807) is 24.3 Å². The Kier molecular flexibility index (Phi) is 5.13. The lowest BCUT2D eigenvalue weighted by Gasteiger charge is -2.05. The predicted octanol–water partition coefficient (Wildman–Crippen LogP) is 2.25. The van der Waals surface area contributed by atoms with E-state index in [4.69, 9.17) is 16.9 Å². The molecule has 2 aromatic rings. The molecule has 0 spiro atoms. The Labute approximate surface area is 137 Å². The van der Waals surface area contributed by atoms with E-state index in [1.807, 2.05) is 6.07 Å². The number of hydrogen-bond donors (Lipinski definition) is 1. The minimum atomic E-state index is -1.29. The summed E-state index contributed by atoms with van der Waals surface area (Å²) in [5, 5.41) is 22.9. The Morgan fingerprint density at radius 2 is 1.70 bits per heavy atom. The van der Waals surface area contributed by atoms with Gasteiger partial charge >= 0.3 is 0 Å². The molecule has 23 heavy (non-hydrogen) atoms. The molecule has 5 nitrogen and oxygen atoms in total. The molecular weight excluding hydrogens is 316 g/mol. The minimum absolute atomic E-state index is 0.0197. The highest BCUT2D eigenvalue weighted by Crippen LogP contribution is 2.15. The van der Waals surface area contributed by atoms with Crippen molar-refractivity contribution >= 4 is 35.2 Å². The first kappa shape index (κ1) is 16.3. The fraction of sp³-hybridized carbons (Fsp3) is 0. The number of anilines is 1. The van der Waals surface area contributed by atoms with Gasteiger partial charge in [0.2, 0.25) is 0 Å². The molecule has 1 N–H and O–H groups in total. The maximum Gasteiger partial charge on any atom is 0.266 e. The lowest BCUT2D eigenvalue weighted by atomic mass is 10.1. The molecule has 0 saturated heterocycles. The number of benzene rings is 2. The van der Waals surface area contributed by atoms with Gasteiger partial charge in [-0.15, -0.1) is 0 Å². The maximum absolute atomic E-state index is 12.1. The molecule has 0 aliphatic heterocycles. The van der Waals surface area contributed by atoms with E-state index in [9.17, 15) is 14.7 Å². The Balaban J connectivity index is 2.17. The van der Waals surface area contributed by atoms with Crippen LogP contribution < -0.4 is 10.4 Å². The number of carboxylic acids is 1. The molecule has 1 amide bonds. The average Bonchev–Trinajstić information content (AvgIpc) is 2.55. The number of halogens is 1. The van der Waals surface area contributed by atoms with E-state index < -0.39 is 11.9 Å². The minimum Gasteiger partial charge on any atom is -0.545 e. The number of nitriles is 1. The van der Waals surface area contributed by atoms with Crippen LogP contribution >= 0.6 is 11.6 Å². The summed E-state index contributed by atoms with van der Waals surface area (Å²) in [7, 11) is 0.